The number of carbonyl (C=O) groups is 1. The summed E-state index contributed by atoms with van der Waals surface area (Å²) in [6.45, 7) is 3.43. The van der Waals surface area contributed by atoms with Gasteiger partial charge in [0.1, 0.15) is 0 Å². The maximum absolute atomic E-state index is 11.0. The molecule has 1 saturated heterocycles. The molecule has 1 fully saturated rings. The molecule has 1 N–H and O–H groups in total. The number of aromatic carboxylic acids is 1. The first-order valence-electron chi connectivity index (χ1n) is 7.00. The van der Waals surface area contributed by atoms with Crippen LogP contribution in [0.1, 0.15) is 46.5 Å². The third-order valence-electron chi connectivity index (χ3n) is 3.76. The van der Waals surface area contributed by atoms with Crippen molar-refractivity contribution in [2.24, 2.45) is 0 Å². The summed E-state index contributed by atoms with van der Waals surface area (Å²) in [5, 5.41) is 13.1. The molecular formula is C15H17N3O3. The number of hydrogen-bond acceptors (Lipinski definition) is 5. The number of hydrogen-bond donors (Lipinski definition) is 1. The average molecular weight is 287 g/mol. The molecule has 1 aliphatic heterocycles. The molecular weight excluding hydrogens is 270 g/mol. The Bertz CT molecular complexity index is 653. The number of aromatic nitrogens is 2. The standard InChI is InChI=1S/C15H17N3O3/c1-10-16-14(17-21-10)13-6-3-7-18(13)9-11-4-2-5-12(8-11)15(19)20/h2,4-5,8,13H,3,6-7,9H2,1H3,(H,19,20). The van der Waals surface area contributed by atoms with E-state index in [0.29, 0.717) is 18.0 Å². The van der Waals surface area contributed by atoms with Crippen LogP contribution in [-0.2, 0) is 6.54 Å². The normalized spacial score (nSPS) is 19.0. The van der Waals surface area contributed by atoms with Gasteiger partial charge in [-0.1, -0.05) is 17.3 Å². The van der Waals surface area contributed by atoms with Crippen molar-refractivity contribution in [3.05, 3.63) is 47.1 Å². The maximum Gasteiger partial charge on any atom is 0.335 e. The first-order chi connectivity index (χ1) is 10.1. The zero-order chi connectivity index (χ0) is 14.8. The van der Waals surface area contributed by atoms with Gasteiger partial charge in [0, 0.05) is 13.5 Å². The second-order valence-corrected chi connectivity index (χ2v) is 5.31. The van der Waals surface area contributed by atoms with Gasteiger partial charge in [-0.25, -0.2) is 4.79 Å². The molecule has 2 aromatic rings. The quantitative estimate of drug-likeness (QED) is 0.930. The van der Waals surface area contributed by atoms with Gasteiger partial charge in [-0.3, -0.25) is 4.90 Å². The van der Waals surface area contributed by atoms with Gasteiger partial charge in [-0.2, -0.15) is 4.98 Å². The zero-order valence-corrected chi connectivity index (χ0v) is 11.8. The molecule has 0 spiro atoms. The average Bonchev–Trinajstić information content (AvgIpc) is 3.08. The SMILES string of the molecule is Cc1nc(C2CCCN2Cc2cccc(C(=O)O)c2)no1. The second kappa shape index (κ2) is 5.65. The molecule has 0 saturated carbocycles. The molecule has 6 heteroatoms. The fraction of sp³-hybridized carbons (Fsp3) is 0.400. The molecule has 0 amide bonds. The number of carboxylic acids is 1. The summed E-state index contributed by atoms with van der Waals surface area (Å²) >= 11 is 0. The lowest BCUT2D eigenvalue weighted by molar-refractivity contribution is 0.0696. The van der Waals surface area contributed by atoms with E-state index in [1.165, 1.54) is 0 Å². The minimum absolute atomic E-state index is 0.149. The van der Waals surface area contributed by atoms with Gasteiger partial charge in [0.25, 0.3) is 0 Å². The van der Waals surface area contributed by atoms with Gasteiger partial charge in [0.05, 0.1) is 11.6 Å². The van der Waals surface area contributed by atoms with E-state index in [9.17, 15) is 4.79 Å². The lowest BCUT2D eigenvalue weighted by Gasteiger charge is -2.21. The van der Waals surface area contributed by atoms with Gasteiger partial charge in [0.15, 0.2) is 5.82 Å². The predicted octanol–water partition coefficient (Wildman–Crippen LogP) is 2.41. The number of rotatable bonds is 4. The predicted molar refractivity (Wildman–Crippen MR) is 74.8 cm³/mol. The van der Waals surface area contributed by atoms with E-state index in [1.807, 2.05) is 6.07 Å². The molecule has 1 aromatic heterocycles. The third kappa shape index (κ3) is 2.95. The third-order valence-corrected chi connectivity index (χ3v) is 3.76. The number of likely N-dealkylation sites (tertiary alicyclic amines) is 1. The highest BCUT2D eigenvalue weighted by molar-refractivity contribution is 5.87. The number of benzene rings is 1. The molecule has 6 nitrogen and oxygen atoms in total. The fourth-order valence-electron chi connectivity index (χ4n) is 2.80. The topological polar surface area (TPSA) is 79.5 Å². The second-order valence-electron chi connectivity index (χ2n) is 5.31. The summed E-state index contributed by atoms with van der Waals surface area (Å²) in [6, 6.07) is 7.21. The van der Waals surface area contributed by atoms with Gasteiger partial charge < -0.3 is 9.63 Å². The van der Waals surface area contributed by atoms with Crippen molar-refractivity contribution < 1.29 is 14.4 Å². The van der Waals surface area contributed by atoms with E-state index >= 15 is 0 Å². The Kier molecular flexibility index (Phi) is 3.70. The minimum atomic E-state index is -0.899. The van der Waals surface area contributed by atoms with Crippen LogP contribution in [0.4, 0.5) is 0 Å². The Hall–Kier alpha value is -2.21. The molecule has 21 heavy (non-hydrogen) atoms. The van der Waals surface area contributed by atoms with Gasteiger partial charge in [0.2, 0.25) is 5.89 Å². The van der Waals surface area contributed by atoms with Crippen LogP contribution in [0.2, 0.25) is 0 Å². The van der Waals surface area contributed by atoms with E-state index in [1.54, 1.807) is 25.1 Å². The molecule has 1 aliphatic rings. The van der Waals surface area contributed by atoms with Gasteiger partial charge in [-0.15, -0.1) is 0 Å². The summed E-state index contributed by atoms with van der Waals surface area (Å²) in [6.07, 6.45) is 2.08. The molecule has 0 bridgehead atoms. The molecule has 0 radical (unpaired) electrons. The van der Waals surface area contributed by atoms with E-state index in [-0.39, 0.29) is 6.04 Å². The van der Waals surface area contributed by atoms with Crippen molar-refractivity contribution in [2.45, 2.75) is 32.4 Å². The Balaban J connectivity index is 1.77. The Morgan fingerprint density at radius 3 is 3.10 bits per heavy atom. The Morgan fingerprint density at radius 1 is 1.52 bits per heavy atom. The van der Waals surface area contributed by atoms with Crippen LogP contribution >= 0.6 is 0 Å². The highest BCUT2D eigenvalue weighted by Gasteiger charge is 2.29. The maximum atomic E-state index is 11.0. The van der Waals surface area contributed by atoms with E-state index in [2.05, 4.69) is 15.0 Å². The first-order valence-corrected chi connectivity index (χ1v) is 7.00. The van der Waals surface area contributed by atoms with Crippen LogP contribution in [0.25, 0.3) is 0 Å². The highest BCUT2D eigenvalue weighted by Crippen LogP contribution is 2.31. The Morgan fingerprint density at radius 2 is 2.38 bits per heavy atom. The monoisotopic (exact) mass is 287 g/mol. The molecule has 1 atom stereocenters. The van der Waals surface area contributed by atoms with E-state index in [4.69, 9.17) is 9.63 Å². The molecule has 3 rings (SSSR count). The summed E-state index contributed by atoms with van der Waals surface area (Å²) < 4.78 is 5.06. The molecule has 110 valence electrons. The van der Waals surface area contributed by atoms with Crippen molar-refractivity contribution in [2.75, 3.05) is 6.54 Å². The lowest BCUT2D eigenvalue weighted by atomic mass is 10.1. The van der Waals surface area contributed by atoms with Gasteiger partial charge in [-0.05, 0) is 37.1 Å². The van der Waals surface area contributed by atoms with Crippen LogP contribution in [0.5, 0.6) is 0 Å². The lowest BCUT2D eigenvalue weighted by Crippen LogP contribution is -2.23. The number of aryl methyl sites for hydroxylation is 1. The highest BCUT2D eigenvalue weighted by atomic mass is 16.5. The molecule has 1 unspecified atom stereocenters. The Labute approximate surface area is 122 Å². The summed E-state index contributed by atoms with van der Waals surface area (Å²) in [5.41, 5.74) is 1.31. The van der Waals surface area contributed by atoms with E-state index < -0.39 is 5.97 Å². The molecule has 2 heterocycles. The summed E-state index contributed by atoms with van der Waals surface area (Å²) in [5.74, 6) is 0.396. The van der Waals surface area contributed by atoms with Crippen molar-refractivity contribution in [3.63, 3.8) is 0 Å². The van der Waals surface area contributed by atoms with Crippen LogP contribution in [-0.4, -0.2) is 32.7 Å². The minimum Gasteiger partial charge on any atom is -0.478 e. The summed E-state index contributed by atoms with van der Waals surface area (Å²) in [7, 11) is 0. The van der Waals surface area contributed by atoms with Crippen molar-refractivity contribution in [1.29, 1.82) is 0 Å². The smallest absolute Gasteiger partial charge is 0.335 e. The van der Waals surface area contributed by atoms with Crippen molar-refractivity contribution in [3.8, 4) is 0 Å². The zero-order valence-electron chi connectivity index (χ0n) is 11.8. The van der Waals surface area contributed by atoms with Crippen molar-refractivity contribution in [1.82, 2.24) is 15.0 Å². The van der Waals surface area contributed by atoms with Crippen molar-refractivity contribution >= 4 is 5.97 Å². The van der Waals surface area contributed by atoms with Crippen LogP contribution in [0.15, 0.2) is 28.8 Å². The fourth-order valence-corrected chi connectivity index (χ4v) is 2.80. The number of nitrogens with zero attached hydrogens (tertiary/aromatic N) is 3. The van der Waals surface area contributed by atoms with Crippen LogP contribution in [0.3, 0.4) is 0 Å². The largest absolute Gasteiger partial charge is 0.478 e. The van der Waals surface area contributed by atoms with Gasteiger partial charge >= 0.3 is 5.97 Å². The molecule has 1 aromatic carbocycles. The summed E-state index contributed by atoms with van der Waals surface area (Å²) in [4.78, 5) is 17.6. The molecule has 0 aliphatic carbocycles. The number of carboxylic acid groups (broad SMARTS) is 1. The van der Waals surface area contributed by atoms with Crippen LogP contribution in [0, 0.1) is 6.92 Å². The van der Waals surface area contributed by atoms with Crippen LogP contribution < -0.4 is 0 Å². The first kappa shape index (κ1) is 13.8. The van der Waals surface area contributed by atoms with E-state index in [0.717, 1.165) is 30.8 Å².